The van der Waals surface area contributed by atoms with E-state index in [1.54, 1.807) is 5.43 Å². The van der Waals surface area contributed by atoms with E-state index < -0.39 is 0 Å². The third kappa shape index (κ3) is 5.82. The Morgan fingerprint density at radius 2 is 1.82 bits per heavy atom. The number of hydrazine groups is 1. The number of benzene rings is 2. The molecule has 0 radical (unpaired) electrons. The topological polar surface area (TPSA) is 89.3 Å². The molecule has 1 heterocycles. The molecule has 3 rings (SSSR count). The summed E-state index contributed by atoms with van der Waals surface area (Å²) < 4.78 is 6.02. The third-order valence-corrected chi connectivity index (χ3v) is 4.10. The maximum Gasteiger partial charge on any atom is 0.221 e. The van der Waals surface area contributed by atoms with Crippen molar-refractivity contribution in [3.05, 3.63) is 77.5 Å². The highest BCUT2D eigenvalue weighted by Crippen LogP contribution is 2.26. The molecule has 0 saturated heterocycles. The van der Waals surface area contributed by atoms with Gasteiger partial charge < -0.3 is 10.1 Å². The Morgan fingerprint density at radius 1 is 1.07 bits per heavy atom. The molecule has 2 aromatic carbocycles. The number of carbonyl (C=O) groups is 1. The summed E-state index contributed by atoms with van der Waals surface area (Å²) in [5.41, 5.74) is 8.22. The lowest BCUT2D eigenvalue weighted by Crippen LogP contribution is -2.18. The van der Waals surface area contributed by atoms with E-state index in [1.807, 2.05) is 50.4 Å². The molecule has 0 saturated carbocycles. The second kappa shape index (κ2) is 10.7. The lowest BCUT2D eigenvalue weighted by Gasteiger charge is -2.13. The lowest BCUT2D eigenvalue weighted by atomic mass is 10.1. The van der Waals surface area contributed by atoms with Crippen molar-refractivity contribution in [3.8, 4) is 17.0 Å². The molecular weight excluding hydrogens is 352 g/mol. The molecule has 0 bridgehead atoms. The lowest BCUT2D eigenvalue weighted by molar-refractivity contribution is -0.109. The quantitative estimate of drug-likeness (QED) is 0.264. The number of para-hydroxylation sites is 1. The van der Waals surface area contributed by atoms with Crippen molar-refractivity contribution in [2.24, 2.45) is 5.84 Å². The van der Waals surface area contributed by atoms with Crippen LogP contribution in [0.2, 0.25) is 0 Å². The molecule has 0 atom stereocenters. The number of aryl methyl sites for hydroxylation is 2. The van der Waals surface area contributed by atoms with E-state index in [2.05, 4.69) is 47.3 Å². The molecule has 1 amide bonds. The van der Waals surface area contributed by atoms with Gasteiger partial charge in [0, 0.05) is 29.6 Å². The Morgan fingerprint density at radius 3 is 2.46 bits per heavy atom. The molecule has 0 spiro atoms. The molecule has 6 nitrogen and oxygen atoms in total. The Labute approximate surface area is 165 Å². The number of anilines is 1. The van der Waals surface area contributed by atoms with Crippen molar-refractivity contribution in [3.63, 3.8) is 0 Å². The average molecular weight is 378 g/mol. The van der Waals surface area contributed by atoms with Crippen LogP contribution in [0.5, 0.6) is 5.75 Å². The summed E-state index contributed by atoms with van der Waals surface area (Å²) in [7, 11) is 1.92. The Hall–Kier alpha value is -3.38. The second-order valence-corrected chi connectivity index (χ2v) is 6.12. The number of nitrogens with two attached hydrogens (primary N) is 1. The van der Waals surface area contributed by atoms with Gasteiger partial charge in [-0.15, -0.1) is 0 Å². The number of aromatic nitrogens is 1. The van der Waals surface area contributed by atoms with Gasteiger partial charge in [-0.25, -0.2) is 5.84 Å². The van der Waals surface area contributed by atoms with Crippen LogP contribution in [-0.2, 0) is 11.4 Å². The number of hydrogen-bond donors (Lipinski definition) is 3. The summed E-state index contributed by atoms with van der Waals surface area (Å²) in [5.74, 6) is 5.31. The molecule has 146 valence electrons. The number of ether oxygens (including phenoxy) is 1. The van der Waals surface area contributed by atoms with Gasteiger partial charge in [0.05, 0.1) is 5.69 Å². The number of rotatable bonds is 6. The number of hydrogen-bond acceptors (Lipinski definition) is 5. The van der Waals surface area contributed by atoms with E-state index in [4.69, 9.17) is 9.53 Å². The van der Waals surface area contributed by atoms with Crippen LogP contribution in [0.15, 0.2) is 60.7 Å². The van der Waals surface area contributed by atoms with Crippen molar-refractivity contribution < 1.29 is 9.53 Å². The summed E-state index contributed by atoms with van der Waals surface area (Å²) in [6.45, 7) is 4.62. The first-order valence-corrected chi connectivity index (χ1v) is 8.92. The van der Waals surface area contributed by atoms with Gasteiger partial charge in [-0.3, -0.25) is 15.2 Å². The van der Waals surface area contributed by atoms with Gasteiger partial charge in [0.15, 0.2) is 0 Å². The molecule has 0 aliphatic carbocycles. The second-order valence-electron chi connectivity index (χ2n) is 6.12. The summed E-state index contributed by atoms with van der Waals surface area (Å²) in [5, 5.41) is 3.19. The highest BCUT2D eigenvalue weighted by atomic mass is 16.5. The van der Waals surface area contributed by atoms with Crippen molar-refractivity contribution in [2.45, 2.75) is 20.5 Å². The summed E-state index contributed by atoms with van der Waals surface area (Å²) >= 11 is 0. The molecule has 4 N–H and O–H groups in total. The fourth-order valence-electron chi connectivity index (χ4n) is 2.72. The third-order valence-electron chi connectivity index (χ3n) is 4.10. The van der Waals surface area contributed by atoms with Gasteiger partial charge in [-0.05, 0) is 55.8 Å². The average Bonchev–Trinajstić information content (AvgIpc) is 2.73. The van der Waals surface area contributed by atoms with Crippen LogP contribution in [-0.4, -0.2) is 18.4 Å². The monoisotopic (exact) mass is 378 g/mol. The van der Waals surface area contributed by atoms with E-state index in [0.29, 0.717) is 13.0 Å². The maximum absolute atomic E-state index is 8.94. The van der Waals surface area contributed by atoms with E-state index in [9.17, 15) is 0 Å². The predicted octanol–water partition coefficient (Wildman–Crippen LogP) is 3.59. The zero-order chi connectivity index (χ0) is 20.4. The van der Waals surface area contributed by atoms with Crippen molar-refractivity contribution in [1.82, 2.24) is 10.4 Å². The van der Waals surface area contributed by atoms with Crippen molar-refractivity contribution >= 4 is 12.1 Å². The van der Waals surface area contributed by atoms with Crippen LogP contribution in [0.1, 0.15) is 16.8 Å². The first-order chi connectivity index (χ1) is 13.6. The van der Waals surface area contributed by atoms with Gasteiger partial charge in [-0.1, -0.05) is 24.3 Å². The van der Waals surface area contributed by atoms with E-state index in [-0.39, 0.29) is 0 Å². The van der Waals surface area contributed by atoms with E-state index >= 15 is 0 Å². The molecule has 0 aliphatic heterocycles. The normalized spacial score (nSPS) is 9.71. The summed E-state index contributed by atoms with van der Waals surface area (Å²) in [6, 6.07) is 20.5. The zero-order valence-electron chi connectivity index (χ0n) is 16.4. The number of pyridine rings is 1. The Bertz CT molecular complexity index is 913. The van der Waals surface area contributed by atoms with Crippen LogP contribution in [0.4, 0.5) is 5.69 Å². The van der Waals surface area contributed by atoms with Crippen LogP contribution in [0, 0.1) is 13.8 Å². The molecule has 3 aromatic rings. The fourth-order valence-corrected chi connectivity index (χ4v) is 2.72. The van der Waals surface area contributed by atoms with E-state index in [0.717, 1.165) is 39.5 Å². The maximum atomic E-state index is 8.94. The number of carbonyl (C=O) groups excluding carboxylic acids is 1. The minimum Gasteiger partial charge on any atom is -0.489 e. The van der Waals surface area contributed by atoms with Crippen LogP contribution < -0.4 is 21.3 Å². The van der Waals surface area contributed by atoms with Crippen LogP contribution >= 0.6 is 0 Å². The van der Waals surface area contributed by atoms with Gasteiger partial charge in [-0.2, -0.15) is 0 Å². The van der Waals surface area contributed by atoms with Crippen LogP contribution in [0.25, 0.3) is 11.3 Å². The summed E-state index contributed by atoms with van der Waals surface area (Å²) in [4.78, 5) is 13.5. The molecule has 0 unspecified atom stereocenters. The molecular formula is C22H26N4O2. The first-order valence-electron chi connectivity index (χ1n) is 8.92. The Balaban J connectivity index is 0.000000640. The largest absolute Gasteiger partial charge is 0.489 e. The number of nitrogens with zero attached hydrogens (tertiary/aromatic N) is 1. The molecule has 0 fully saturated rings. The SMILES string of the molecule is CNc1ccccc1COc1ccc(-c2cccc(C)n2)cc1C.NNC=O. The van der Waals surface area contributed by atoms with Crippen molar-refractivity contribution in [2.75, 3.05) is 12.4 Å². The predicted molar refractivity (Wildman–Crippen MR) is 113 cm³/mol. The first kappa shape index (κ1) is 20.9. The highest BCUT2D eigenvalue weighted by Gasteiger charge is 2.06. The van der Waals surface area contributed by atoms with Crippen LogP contribution in [0.3, 0.4) is 0 Å². The smallest absolute Gasteiger partial charge is 0.221 e. The minimum atomic E-state index is 0.403. The van der Waals surface area contributed by atoms with Crippen molar-refractivity contribution in [1.29, 1.82) is 0 Å². The zero-order valence-corrected chi connectivity index (χ0v) is 16.4. The molecule has 0 aliphatic rings. The highest BCUT2D eigenvalue weighted by molar-refractivity contribution is 5.62. The van der Waals surface area contributed by atoms with Gasteiger partial charge in [0.1, 0.15) is 12.4 Å². The van der Waals surface area contributed by atoms with E-state index in [1.165, 1.54) is 0 Å². The van der Waals surface area contributed by atoms with Gasteiger partial charge in [0.2, 0.25) is 6.41 Å². The molecule has 1 aromatic heterocycles. The molecule has 28 heavy (non-hydrogen) atoms. The minimum absolute atomic E-state index is 0.403. The fraction of sp³-hybridized carbons (Fsp3) is 0.182. The van der Waals surface area contributed by atoms with Gasteiger partial charge >= 0.3 is 0 Å². The standard InChI is InChI=1S/C21H22N2O.CH4N2O/c1-15-13-17(20-10-6-7-16(2)23-20)11-12-21(15)24-14-18-8-4-5-9-19(18)22-3;2-3-1-4/h4-13,22H,14H2,1-3H3;1H,2H2,(H,3,4). The number of amides is 1. The number of nitrogens with one attached hydrogen (secondary N) is 2. The Kier molecular flexibility index (Phi) is 7.99. The summed E-state index contributed by atoms with van der Waals surface area (Å²) in [6.07, 6.45) is 0.403. The van der Waals surface area contributed by atoms with Gasteiger partial charge in [0.25, 0.3) is 0 Å². The molecule has 6 heteroatoms.